The van der Waals surface area contributed by atoms with Crippen LogP contribution in [0.3, 0.4) is 0 Å². The standard InChI is InChI=1S/C11H14N2OS.CHF3O3S/c1-12-11(15-2)8-13-14-9-10-6-4-3-5-7-10;2-1(3,4)8(5,6)7/h3-8H,9H2,1-2H3;(H,5,6,7)/b12-11?,13-8+;. The molecule has 0 fully saturated rings. The Kier molecular flexibility index (Phi) is 9.53. The Morgan fingerprint density at radius 3 is 2.26 bits per heavy atom. The van der Waals surface area contributed by atoms with Gasteiger partial charge in [0.15, 0.2) is 0 Å². The predicted molar refractivity (Wildman–Crippen MR) is 84.2 cm³/mol. The van der Waals surface area contributed by atoms with Crippen LogP contribution in [0.2, 0.25) is 0 Å². The number of aliphatic imine (C=N–C) groups is 1. The van der Waals surface area contributed by atoms with Crippen LogP contribution >= 0.6 is 11.8 Å². The van der Waals surface area contributed by atoms with Crippen molar-refractivity contribution < 1.29 is 31.0 Å². The second kappa shape index (κ2) is 10.2. The number of rotatable bonds is 4. The number of benzene rings is 1. The average Bonchev–Trinajstić information content (AvgIpc) is 2.47. The van der Waals surface area contributed by atoms with Gasteiger partial charge in [0.1, 0.15) is 11.7 Å². The average molecular weight is 372 g/mol. The number of hydrogen-bond acceptors (Lipinski definition) is 6. The van der Waals surface area contributed by atoms with E-state index in [0.29, 0.717) is 6.61 Å². The van der Waals surface area contributed by atoms with E-state index < -0.39 is 15.6 Å². The first-order valence-corrected chi connectivity index (χ1v) is 8.52. The third kappa shape index (κ3) is 9.92. The normalized spacial score (nSPS) is 12.7. The smallest absolute Gasteiger partial charge is 0.391 e. The first kappa shape index (κ1) is 21.4. The Labute approximate surface area is 136 Å². The SMILES string of the molecule is CN=C(/C=N/OCc1ccccc1)SC.O=S(=O)(O)C(F)(F)F. The molecular weight excluding hydrogens is 357 g/mol. The number of oxime groups is 1. The summed E-state index contributed by atoms with van der Waals surface area (Å²) in [6.45, 7) is 0.489. The van der Waals surface area contributed by atoms with Gasteiger partial charge < -0.3 is 4.84 Å². The summed E-state index contributed by atoms with van der Waals surface area (Å²) in [5, 5.41) is 4.68. The zero-order valence-corrected chi connectivity index (χ0v) is 13.8. The van der Waals surface area contributed by atoms with Crippen molar-refractivity contribution in [2.24, 2.45) is 10.1 Å². The minimum absolute atomic E-state index is 0.489. The first-order chi connectivity index (χ1) is 10.6. The molecule has 0 bridgehead atoms. The van der Waals surface area contributed by atoms with Gasteiger partial charge in [0.25, 0.3) is 0 Å². The fraction of sp³-hybridized carbons (Fsp3) is 0.333. The van der Waals surface area contributed by atoms with E-state index in [1.165, 1.54) is 11.8 Å². The number of halogens is 3. The highest BCUT2D eigenvalue weighted by molar-refractivity contribution is 8.14. The number of nitrogens with zero attached hydrogens (tertiary/aromatic N) is 2. The van der Waals surface area contributed by atoms with Crippen molar-refractivity contribution in [3.05, 3.63) is 35.9 Å². The molecule has 23 heavy (non-hydrogen) atoms. The van der Waals surface area contributed by atoms with E-state index in [-0.39, 0.29) is 0 Å². The molecule has 0 atom stereocenters. The molecule has 1 aromatic carbocycles. The van der Waals surface area contributed by atoms with Crippen molar-refractivity contribution in [2.75, 3.05) is 13.3 Å². The third-order valence-electron chi connectivity index (χ3n) is 2.03. The van der Waals surface area contributed by atoms with Crippen LogP contribution in [-0.4, -0.2) is 43.0 Å². The molecule has 0 unspecified atom stereocenters. The van der Waals surface area contributed by atoms with Gasteiger partial charge in [-0.05, 0) is 11.8 Å². The van der Waals surface area contributed by atoms with E-state index in [1.54, 1.807) is 13.3 Å². The molecule has 130 valence electrons. The molecule has 0 aliphatic heterocycles. The predicted octanol–water partition coefficient (Wildman–Crippen LogP) is 2.97. The lowest BCUT2D eigenvalue weighted by atomic mass is 10.2. The van der Waals surface area contributed by atoms with Crippen LogP contribution in [0, 0.1) is 0 Å². The van der Waals surface area contributed by atoms with Gasteiger partial charge >= 0.3 is 15.6 Å². The van der Waals surface area contributed by atoms with Gasteiger partial charge in [0, 0.05) is 7.05 Å². The minimum atomic E-state index is -5.84. The van der Waals surface area contributed by atoms with E-state index in [2.05, 4.69) is 10.1 Å². The van der Waals surface area contributed by atoms with E-state index in [0.717, 1.165) is 10.6 Å². The quantitative estimate of drug-likeness (QED) is 0.289. The number of alkyl halides is 3. The molecule has 0 saturated carbocycles. The Balaban J connectivity index is 0.000000515. The Morgan fingerprint density at radius 1 is 1.35 bits per heavy atom. The summed E-state index contributed by atoms with van der Waals surface area (Å²) in [5.41, 5.74) is -4.43. The molecule has 0 heterocycles. The number of hydrogen-bond donors (Lipinski definition) is 1. The maximum atomic E-state index is 10.7. The van der Waals surface area contributed by atoms with Gasteiger partial charge in [-0.25, -0.2) is 0 Å². The zero-order valence-electron chi connectivity index (χ0n) is 12.2. The van der Waals surface area contributed by atoms with Crippen LogP contribution in [-0.2, 0) is 21.6 Å². The highest BCUT2D eigenvalue weighted by Gasteiger charge is 2.44. The molecule has 0 radical (unpaired) electrons. The third-order valence-corrected chi connectivity index (χ3v) is 3.32. The zero-order chi connectivity index (χ0) is 17.9. The van der Waals surface area contributed by atoms with Gasteiger partial charge in [-0.3, -0.25) is 9.55 Å². The lowest BCUT2D eigenvalue weighted by Crippen LogP contribution is -2.21. The van der Waals surface area contributed by atoms with Crippen LogP contribution in [0.4, 0.5) is 13.2 Å². The van der Waals surface area contributed by atoms with Crippen LogP contribution in [0.5, 0.6) is 0 Å². The van der Waals surface area contributed by atoms with Gasteiger partial charge in [-0.1, -0.05) is 35.5 Å². The summed E-state index contributed by atoms with van der Waals surface area (Å²) < 4.78 is 57.5. The van der Waals surface area contributed by atoms with Gasteiger partial charge in [-0.2, -0.15) is 21.6 Å². The van der Waals surface area contributed by atoms with Crippen molar-refractivity contribution in [3.8, 4) is 0 Å². The molecule has 0 aromatic heterocycles. The van der Waals surface area contributed by atoms with E-state index in [4.69, 9.17) is 17.8 Å². The molecule has 1 rings (SSSR count). The van der Waals surface area contributed by atoms with E-state index in [9.17, 15) is 13.2 Å². The van der Waals surface area contributed by atoms with Crippen molar-refractivity contribution >= 4 is 33.1 Å². The molecule has 11 heteroatoms. The fourth-order valence-electron chi connectivity index (χ4n) is 0.970. The maximum absolute atomic E-state index is 10.7. The Hall–Kier alpha value is -1.59. The molecule has 0 amide bonds. The molecule has 0 spiro atoms. The van der Waals surface area contributed by atoms with Crippen molar-refractivity contribution in [2.45, 2.75) is 12.1 Å². The molecule has 1 N–H and O–H groups in total. The summed E-state index contributed by atoms with van der Waals surface area (Å²) in [6.07, 6.45) is 3.57. The van der Waals surface area contributed by atoms with Gasteiger partial charge in [0.2, 0.25) is 0 Å². The fourth-order valence-corrected chi connectivity index (χ4v) is 1.30. The highest BCUT2D eigenvalue weighted by Crippen LogP contribution is 2.20. The van der Waals surface area contributed by atoms with Crippen LogP contribution in [0.1, 0.15) is 5.56 Å². The van der Waals surface area contributed by atoms with Crippen LogP contribution < -0.4 is 0 Å². The van der Waals surface area contributed by atoms with Crippen LogP contribution in [0.25, 0.3) is 0 Å². The topological polar surface area (TPSA) is 88.3 Å². The summed E-state index contributed by atoms with van der Waals surface area (Å²) in [6, 6.07) is 9.92. The van der Waals surface area contributed by atoms with Gasteiger partial charge in [-0.15, -0.1) is 11.8 Å². The molecule has 0 aliphatic carbocycles. The highest BCUT2D eigenvalue weighted by atomic mass is 32.2. The number of thioether (sulfide) groups is 1. The molecule has 0 saturated heterocycles. The second-order valence-electron chi connectivity index (χ2n) is 3.68. The van der Waals surface area contributed by atoms with E-state index >= 15 is 0 Å². The summed E-state index contributed by atoms with van der Waals surface area (Å²) >= 11 is 1.54. The molecule has 1 aromatic rings. The minimum Gasteiger partial charge on any atom is -0.391 e. The molecule has 6 nitrogen and oxygen atoms in total. The van der Waals surface area contributed by atoms with Crippen molar-refractivity contribution in [1.29, 1.82) is 0 Å². The monoisotopic (exact) mass is 372 g/mol. The molecule has 0 aliphatic rings. The first-order valence-electron chi connectivity index (χ1n) is 5.85. The molecular formula is C12H15F3N2O4S2. The largest absolute Gasteiger partial charge is 0.522 e. The van der Waals surface area contributed by atoms with Crippen LogP contribution in [0.15, 0.2) is 40.5 Å². The van der Waals surface area contributed by atoms with Crippen molar-refractivity contribution in [3.63, 3.8) is 0 Å². The Bertz CT molecular complexity index is 617. The summed E-state index contributed by atoms with van der Waals surface area (Å²) in [4.78, 5) is 9.13. The second-order valence-corrected chi connectivity index (χ2v) is 5.92. The Morgan fingerprint density at radius 2 is 1.87 bits per heavy atom. The maximum Gasteiger partial charge on any atom is 0.522 e. The van der Waals surface area contributed by atoms with Gasteiger partial charge in [0.05, 0.1) is 6.21 Å². The summed E-state index contributed by atoms with van der Waals surface area (Å²) in [5.74, 6) is 0. The lowest BCUT2D eigenvalue weighted by Gasteiger charge is -1.98. The van der Waals surface area contributed by atoms with E-state index in [1.807, 2.05) is 36.6 Å². The summed E-state index contributed by atoms with van der Waals surface area (Å²) in [7, 11) is -4.11. The lowest BCUT2D eigenvalue weighted by molar-refractivity contribution is -0.0510. The van der Waals surface area contributed by atoms with Crippen molar-refractivity contribution in [1.82, 2.24) is 0 Å².